The Labute approximate surface area is 105 Å². The smallest absolute Gasteiger partial charge is 0.226 e. The molecule has 0 aliphatic rings. The largest absolute Gasteiger partial charge is 0.380 e. The second-order valence-electron chi connectivity index (χ2n) is 5.65. The SMILES string of the molecule is CCOCCN(C)C(=O)C(CN)CC(C)(C)C. The molecule has 0 heterocycles. The van der Waals surface area contributed by atoms with Crippen molar-refractivity contribution in [2.24, 2.45) is 17.1 Å². The summed E-state index contributed by atoms with van der Waals surface area (Å²) in [6.07, 6.45) is 0.821. The Morgan fingerprint density at radius 1 is 1.41 bits per heavy atom. The molecule has 0 radical (unpaired) electrons. The molecule has 102 valence electrons. The summed E-state index contributed by atoms with van der Waals surface area (Å²) in [6, 6.07) is 0. The van der Waals surface area contributed by atoms with Gasteiger partial charge < -0.3 is 15.4 Å². The van der Waals surface area contributed by atoms with E-state index in [2.05, 4.69) is 20.8 Å². The van der Waals surface area contributed by atoms with E-state index in [0.717, 1.165) is 6.42 Å². The topological polar surface area (TPSA) is 55.6 Å². The Balaban J connectivity index is 4.23. The van der Waals surface area contributed by atoms with Crippen molar-refractivity contribution < 1.29 is 9.53 Å². The number of nitrogens with two attached hydrogens (primary N) is 1. The number of hydrogen-bond acceptors (Lipinski definition) is 3. The third kappa shape index (κ3) is 7.34. The van der Waals surface area contributed by atoms with E-state index in [0.29, 0.717) is 26.3 Å². The van der Waals surface area contributed by atoms with Crippen LogP contribution in [0.4, 0.5) is 0 Å². The minimum Gasteiger partial charge on any atom is -0.380 e. The molecule has 0 saturated heterocycles. The highest BCUT2D eigenvalue weighted by Crippen LogP contribution is 2.24. The fourth-order valence-electron chi connectivity index (χ4n) is 1.78. The standard InChI is InChI=1S/C13H28N2O2/c1-6-17-8-7-15(5)12(16)11(10-14)9-13(2,3)4/h11H,6-10,14H2,1-5H3. The minimum absolute atomic E-state index is 0.0818. The Morgan fingerprint density at radius 3 is 2.41 bits per heavy atom. The van der Waals surface area contributed by atoms with Gasteiger partial charge in [0, 0.05) is 26.7 Å². The fraction of sp³-hybridized carbons (Fsp3) is 0.923. The average Bonchev–Trinajstić information content (AvgIpc) is 2.23. The van der Waals surface area contributed by atoms with Crippen LogP contribution in [0.1, 0.15) is 34.1 Å². The van der Waals surface area contributed by atoms with Gasteiger partial charge in [0.25, 0.3) is 0 Å². The van der Waals surface area contributed by atoms with Crippen LogP contribution < -0.4 is 5.73 Å². The first-order chi connectivity index (χ1) is 7.81. The van der Waals surface area contributed by atoms with Crippen LogP contribution in [0, 0.1) is 11.3 Å². The van der Waals surface area contributed by atoms with Crippen LogP contribution in [0.15, 0.2) is 0 Å². The molecule has 4 nitrogen and oxygen atoms in total. The van der Waals surface area contributed by atoms with Gasteiger partial charge in [-0.15, -0.1) is 0 Å². The van der Waals surface area contributed by atoms with Gasteiger partial charge in [0.2, 0.25) is 5.91 Å². The zero-order chi connectivity index (χ0) is 13.5. The van der Waals surface area contributed by atoms with Crippen molar-refractivity contribution in [2.45, 2.75) is 34.1 Å². The highest BCUT2D eigenvalue weighted by Gasteiger charge is 2.25. The fourth-order valence-corrected chi connectivity index (χ4v) is 1.78. The van der Waals surface area contributed by atoms with Gasteiger partial charge in [-0.3, -0.25) is 4.79 Å². The van der Waals surface area contributed by atoms with Crippen molar-refractivity contribution in [1.29, 1.82) is 0 Å². The van der Waals surface area contributed by atoms with Gasteiger partial charge in [-0.2, -0.15) is 0 Å². The predicted molar refractivity (Wildman–Crippen MR) is 70.7 cm³/mol. The predicted octanol–water partition coefficient (Wildman–Crippen LogP) is 1.49. The van der Waals surface area contributed by atoms with Crippen molar-refractivity contribution in [3.63, 3.8) is 0 Å². The van der Waals surface area contributed by atoms with Gasteiger partial charge in [-0.25, -0.2) is 0 Å². The Morgan fingerprint density at radius 2 is 2.00 bits per heavy atom. The first-order valence-corrected chi connectivity index (χ1v) is 6.34. The highest BCUT2D eigenvalue weighted by molar-refractivity contribution is 5.78. The second kappa shape index (κ2) is 7.67. The van der Waals surface area contributed by atoms with Gasteiger partial charge in [-0.05, 0) is 18.8 Å². The van der Waals surface area contributed by atoms with Crippen LogP contribution in [0.5, 0.6) is 0 Å². The van der Waals surface area contributed by atoms with E-state index < -0.39 is 0 Å². The van der Waals surface area contributed by atoms with Gasteiger partial charge in [-0.1, -0.05) is 20.8 Å². The van der Waals surface area contributed by atoms with E-state index in [9.17, 15) is 4.79 Å². The number of hydrogen-bond donors (Lipinski definition) is 1. The molecule has 1 unspecified atom stereocenters. The van der Waals surface area contributed by atoms with E-state index in [-0.39, 0.29) is 17.2 Å². The maximum atomic E-state index is 12.1. The monoisotopic (exact) mass is 244 g/mol. The third-order valence-electron chi connectivity index (χ3n) is 2.64. The van der Waals surface area contributed by atoms with E-state index in [1.54, 1.807) is 4.90 Å². The molecule has 0 aliphatic heterocycles. The maximum Gasteiger partial charge on any atom is 0.226 e. The summed E-state index contributed by atoms with van der Waals surface area (Å²) in [7, 11) is 1.81. The molecule has 0 spiro atoms. The summed E-state index contributed by atoms with van der Waals surface area (Å²) in [5.41, 5.74) is 5.82. The molecule has 0 aromatic carbocycles. The van der Waals surface area contributed by atoms with Gasteiger partial charge in [0.05, 0.1) is 12.5 Å². The summed E-state index contributed by atoms with van der Waals surface area (Å²) >= 11 is 0. The third-order valence-corrected chi connectivity index (χ3v) is 2.64. The van der Waals surface area contributed by atoms with Crippen molar-refractivity contribution >= 4 is 5.91 Å². The van der Waals surface area contributed by atoms with Crippen LogP contribution in [0.3, 0.4) is 0 Å². The zero-order valence-electron chi connectivity index (χ0n) is 12.0. The highest BCUT2D eigenvalue weighted by atomic mass is 16.5. The number of likely N-dealkylation sites (N-methyl/N-ethyl adjacent to an activating group) is 1. The van der Waals surface area contributed by atoms with Crippen molar-refractivity contribution in [1.82, 2.24) is 4.90 Å². The molecule has 0 aromatic heterocycles. The lowest BCUT2D eigenvalue weighted by Crippen LogP contribution is -2.40. The zero-order valence-corrected chi connectivity index (χ0v) is 12.0. The van der Waals surface area contributed by atoms with E-state index in [1.807, 2.05) is 14.0 Å². The summed E-state index contributed by atoms with van der Waals surface area (Å²) in [5, 5.41) is 0. The minimum atomic E-state index is -0.0818. The summed E-state index contributed by atoms with van der Waals surface area (Å²) in [5.74, 6) is 0.0451. The second-order valence-corrected chi connectivity index (χ2v) is 5.65. The van der Waals surface area contributed by atoms with E-state index in [4.69, 9.17) is 10.5 Å². The number of carbonyl (C=O) groups excluding carboxylic acids is 1. The molecule has 4 heteroatoms. The van der Waals surface area contributed by atoms with Crippen LogP contribution >= 0.6 is 0 Å². The van der Waals surface area contributed by atoms with Gasteiger partial charge >= 0.3 is 0 Å². The normalized spacial score (nSPS) is 13.5. The number of nitrogens with zero attached hydrogens (tertiary/aromatic N) is 1. The Bertz CT molecular complexity index is 224. The molecule has 0 saturated carbocycles. The summed E-state index contributed by atoms with van der Waals surface area (Å²) in [4.78, 5) is 13.9. The van der Waals surface area contributed by atoms with E-state index >= 15 is 0 Å². The lowest BCUT2D eigenvalue weighted by atomic mass is 9.84. The average molecular weight is 244 g/mol. The van der Waals surface area contributed by atoms with Crippen molar-refractivity contribution in [3.8, 4) is 0 Å². The quantitative estimate of drug-likeness (QED) is 0.690. The Kier molecular flexibility index (Phi) is 7.39. The Hall–Kier alpha value is -0.610. The maximum absolute atomic E-state index is 12.1. The number of amides is 1. The molecule has 1 amide bonds. The van der Waals surface area contributed by atoms with Gasteiger partial charge in [0.1, 0.15) is 0 Å². The van der Waals surface area contributed by atoms with Crippen molar-refractivity contribution in [3.05, 3.63) is 0 Å². The number of ether oxygens (including phenoxy) is 1. The first kappa shape index (κ1) is 16.4. The lowest BCUT2D eigenvalue weighted by Gasteiger charge is -2.28. The van der Waals surface area contributed by atoms with E-state index in [1.165, 1.54) is 0 Å². The molecule has 0 bridgehead atoms. The molecular weight excluding hydrogens is 216 g/mol. The van der Waals surface area contributed by atoms with Crippen LogP contribution in [-0.2, 0) is 9.53 Å². The number of carbonyl (C=O) groups is 1. The molecule has 0 rings (SSSR count). The molecule has 17 heavy (non-hydrogen) atoms. The molecule has 0 aliphatic carbocycles. The summed E-state index contributed by atoms with van der Waals surface area (Å²) < 4.78 is 5.24. The van der Waals surface area contributed by atoms with Crippen LogP contribution in [0.25, 0.3) is 0 Å². The molecule has 0 fully saturated rings. The molecule has 2 N–H and O–H groups in total. The van der Waals surface area contributed by atoms with Crippen LogP contribution in [-0.4, -0.2) is 44.2 Å². The molecule has 1 atom stereocenters. The van der Waals surface area contributed by atoms with Gasteiger partial charge in [0.15, 0.2) is 0 Å². The summed E-state index contributed by atoms with van der Waals surface area (Å²) in [6.45, 7) is 10.7. The van der Waals surface area contributed by atoms with Crippen molar-refractivity contribution in [2.75, 3.05) is 33.4 Å². The first-order valence-electron chi connectivity index (χ1n) is 6.34. The lowest BCUT2D eigenvalue weighted by molar-refractivity contribution is -0.135. The number of rotatable bonds is 7. The van der Waals surface area contributed by atoms with Crippen LogP contribution in [0.2, 0.25) is 0 Å². The molecule has 0 aromatic rings. The molecular formula is C13H28N2O2.